The molecule has 0 N–H and O–H groups in total. The van der Waals surface area contributed by atoms with Gasteiger partial charge < -0.3 is 19.0 Å². The molecular weight excluding hydrogens is 380 g/mol. The fourth-order valence-electron chi connectivity index (χ4n) is 4.15. The van der Waals surface area contributed by atoms with E-state index in [4.69, 9.17) is 9.15 Å². The Hall–Kier alpha value is -3.09. The zero-order valence-corrected chi connectivity index (χ0v) is 17.9. The molecule has 0 aliphatic carbocycles. The lowest BCUT2D eigenvalue weighted by Crippen LogP contribution is -2.33. The Labute approximate surface area is 176 Å². The number of hydrogen-bond acceptors (Lipinski definition) is 6. The van der Waals surface area contributed by atoms with Crippen LogP contribution in [0.3, 0.4) is 0 Å². The number of furan rings is 1. The number of amides is 1. The summed E-state index contributed by atoms with van der Waals surface area (Å²) in [6.07, 6.45) is 4.98. The minimum Gasteiger partial charge on any atom is -0.492 e. The van der Waals surface area contributed by atoms with E-state index in [1.165, 1.54) is 12.7 Å². The third kappa shape index (κ3) is 3.60. The van der Waals surface area contributed by atoms with E-state index >= 15 is 0 Å². The van der Waals surface area contributed by atoms with Gasteiger partial charge in [0, 0.05) is 19.6 Å². The van der Waals surface area contributed by atoms with Gasteiger partial charge in [0.05, 0.1) is 23.2 Å². The number of anilines is 2. The number of carbonyl (C=O) groups excluding carboxylic acids is 1. The molecule has 0 saturated carbocycles. The van der Waals surface area contributed by atoms with Crippen molar-refractivity contribution in [1.29, 1.82) is 0 Å². The normalized spacial score (nSPS) is 14.2. The summed E-state index contributed by atoms with van der Waals surface area (Å²) in [4.78, 5) is 26.6. The number of aryl methyl sites for hydroxylation is 1. The number of carbonyl (C=O) groups is 1. The summed E-state index contributed by atoms with van der Waals surface area (Å²) in [5.41, 5.74) is 1.73. The van der Waals surface area contributed by atoms with Gasteiger partial charge in [0.25, 0.3) is 5.91 Å². The first-order valence-corrected chi connectivity index (χ1v) is 10.7. The van der Waals surface area contributed by atoms with Gasteiger partial charge in [0.15, 0.2) is 0 Å². The Bertz CT molecular complexity index is 1040. The molecule has 3 aromatic rings. The van der Waals surface area contributed by atoms with Crippen molar-refractivity contribution >= 4 is 28.5 Å². The number of para-hydroxylation sites is 2. The van der Waals surface area contributed by atoms with Crippen molar-refractivity contribution < 1.29 is 13.9 Å². The van der Waals surface area contributed by atoms with Crippen molar-refractivity contribution in [3.05, 3.63) is 41.9 Å². The molecule has 1 aliphatic rings. The standard InChI is InChI=1S/C23H28N4O3/c1-4-27(17-11-7-8-12-18(17)29-5-2)23(28)19-16(3)30-22-20(19)21(24-15-25-22)26-13-9-6-10-14-26/h7-8,11-12,15H,4-6,9-10,13-14H2,1-3H3. The molecular formula is C23H28N4O3. The summed E-state index contributed by atoms with van der Waals surface area (Å²) in [6.45, 7) is 8.59. The number of rotatable bonds is 6. The number of piperidine rings is 1. The van der Waals surface area contributed by atoms with Crippen LogP contribution >= 0.6 is 0 Å². The predicted octanol–water partition coefficient (Wildman–Crippen LogP) is 4.59. The van der Waals surface area contributed by atoms with Crippen LogP contribution in [0.2, 0.25) is 0 Å². The number of fused-ring (bicyclic) bond motifs is 1. The van der Waals surface area contributed by atoms with E-state index in [2.05, 4.69) is 14.9 Å². The highest BCUT2D eigenvalue weighted by Gasteiger charge is 2.29. The smallest absolute Gasteiger partial charge is 0.262 e. The van der Waals surface area contributed by atoms with Crippen LogP contribution < -0.4 is 14.5 Å². The van der Waals surface area contributed by atoms with Crippen molar-refractivity contribution in [2.75, 3.05) is 36.0 Å². The molecule has 1 aliphatic heterocycles. The Morgan fingerprint density at radius 1 is 1.17 bits per heavy atom. The highest BCUT2D eigenvalue weighted by Crippen LogP contribution is 2.36. The molecule has 1 amide bonds. The molecule has 1 aromatic carbocycles. The monoisotopic (exact) mass is 408 g/mol. The van der Waals surface area contributed by atoms with E-state index in [9.17, 15) is 4.79 Å². The van der Waals surface area contributed by atoms with Gasteiger partial charge in [0.1, 0.15) is 23.7 Å². The number of ether oxygens (including phenoxy) is 1. The van der Waals surface area contributed by atoms with Crippen molar-refractivity contribution in [3.63, 3.8) is 0 Å². The Morgan fingerprint density at radius 3 is 2.67 bits per heavy atom. The van der Waals surface area contributed by atoms with E-state index < -0.39 is 0 Å². The molecule has 4 rings (SSSR count). The van der Waals surface area contributed by atoms with Gasteiger partial charge in [-0.15, -0.1) is 0 Å². The minimum absolute atomic E-state index is 0.131. The second-order valence-corrected chi connectivity index (χ2v) is 7.41. The quantitative estimate of drug-likeness (QED) is 0.594. The van der Waals surface area contributed by atoms with Crippen LogP contribution in [-0.2, 0) is 0 Å². The summed E-state index contributed by atoms with van der Waals surface area (Å²) in [5.74, 6) is 1.90. The molecule has 1 saturated heterocycles. The number of hydrogen-bond donors (Lipinski definition) is 0. The lowest BCUT2D eigenvalue weighted by molar-refractivity contribution is 0.0987. The number of aromatic nitrogens is 2. The Balaban J connectivity index is 1.82. The molecule has 0 radical (unpaired) electrons. The third-order valence-electron chi connectivity index (χ3n) is 5.53. The first-order valence-electron chi connectivity index (χ1n) is 10.7. The molecule has 7 nitrogen and oxygen atoms in total. The third-order valence-corrected chi connectivity index (χ3v) is 5.53. The zero-order chi connectivity index (χ0) is 21.1. The minimum atomic E-state index is -0.131. The molecule has 0 bridgehead atoms. The molecule has 158 valence electrons. The molecule has 7 heteroatoms. The van der Waals surface area contributed by atoms with E-state index in [0.717, 1.165) is 37.4 Å². The van der Waals surface area contributed by atoms with Gasteiger partial charge >= 0.3 is 0 Å². The summed E-state index contributed by atoms with van der Waals surface area (Å²) < 4.78 is 11.7. The Kier molecular flexibility index (Phi) is 5.88. The van der Waals surface area contributed by atoms with E-state index in [1.807, 2.05) is 45.0 Å². The van der Waals surface area contributed by atoms with Crippen molar-refractivity contribution in [3.8, 4) is 5.75 Å². The lowest BCUT2D eigenvalue weighted by atomic mass is 10.1. The first-order chi connectivity index (χ1) is 14.7. The molecule has 2 aromatic heterocycles. The second-order valence-electron chi connectivity index (χ2n) is 7.41. The van der Waals surface area contributed by atoms with Crippen LogP contribution in [0.5, 0.6) is 5.75 Å². The van der Waals surface area contributed by atoms with Crippen LogP contribution in [0.25, 0.3) is 11.1 Å². The highest BCUT2D eigenvalue weighted by molar-refractivity contribution is 6.16. The van der Waals surface area contributed by atoms with Gasteiger partial charge in [-0.3, -0.25) is 4.79 Å². The van der Waals surface area contributed by atoms with Gasteiger partial charge in [-0.2, -0.15) is 0 Å². The predicted molar refractivity (Wildman–Crippen MR) is 118 cm³/mol. The average Bonchev–Trinajstić information content (AvgIpc) is 3.12. The molecule has 30 heavy (non-hydrogen) atoms. The summed E-state index contributed by atoms with van der Waals surface area (Å²) >= 11 is 0. The Morgan fingerprint density at radius 2 is 1.93 bits per heavy atom. The van der Waals surface area contributed by atoms with Gasteiger partial charge in [-0.25, -0.2) is 9.97 Å². The van der Waals surface area contributed by atoms with Crippen LogP contribution in [0.15, 0.2) is 35.0 Å². The second kappa shape index (κ2) is 8.73. The van der Waals surface area contributed by atoms with Crippen molar-refractivity contribution in [2.45, 2.75) is 40.0 Å². The topological polar surface area (TPSA) is 71.7 Å². The van der Waals surface area contributed by atoms with Crippen molar-refractivity contribution in [1.82, 2.24) is 9.97 Å². The number of benzene rings is 1. The summed E-state index contributed by atoms with van der Waals surface area (Å²) in [5, 5.41) is 0.703. The fraction of sp³-hybridized carbons (Fsp3) is 0.435. The first kappa shape index (κ1) is 20.2. The summed E-state index contributed by atoms with van der Waals surface area (Å²) in [6, 6.07) is 7.62. The lowest BCUT2D eigenvalue weighted by Gasteiger charge is -2.28. The highest BCUT2D eigenvalue weighted by atomic mass is 16.5. The molecule has 0 atom stereocenters. The average molecular weight is 409 g/mol. The molecule has 3 heterocycles. The SMILES string of the molecule is CCOc1ccccc1N(CC)C(=O)c1c(C)oc2ncnc(N3CCCCC3)c12. The maximum atomic E-state index is 13.8. The van der Waals surface area contributed by atoms with Crippen LogP contribution in [0, 0.1) is 6.92 Å². The van der Waals surface area contributed by atoms with Gasteiger partial charge in [-0.05, 0) is 52.2 Å². The number of nitrogens with zero attached hydrogens (tertiary/aromatic N) is 4. The maximum absolute atomic E-state index is 13.8. The van der Waals surface area contributed by atoms with Crippen LogP contribution in [0.4, 0.5) is 11.5 Å². The molecule has 0 unspecified atom stereocenters. The van der Waals surface area contributed by atoms with Gasteiger partial charge in [0.2, 0.25) is 5.71 Å². The van der Waals surface area contributed by atoms with Crippen LogP contribution in [0.1, 0.15) is 49.2 Å². The van der Waals surface area contributed by atoms with E-state index in [-0.39, 0.29) is 5.91 Å². The maximum Gasteiger partial charge on any atom is 0.262 e. The van der Waals surface area contributed by atoms with Gasteiger partial charge in [-0.1, -0.05) is 12.1 Å². The molecule has 1 fully saturated rings. The largest absolute Gasteiger partial charge is 0.492 e. The van der Waals surface area contributed by atoms with Crippen molar-refractivity contribution in [2.24, 2.45) is 0 Å². The van der Waals surface area contributed by atoms with Crippen LogP contribution in [-0.4, -0.2) is 42.1 Å². The fourth-order valence-corrected chi connectivity index (χ4v) is 4.15. The van der Waals surface area contributed by atoms with E-state index in [0.29, 0.717) is 41.3 Å². The summed E-state index contributed by atoms with van der Waals surface area (Å²) in [7, 11) is 0. The zero-order valence-electron chi connectivity index (χ0n) is 17.9. The molecule has 0 spiro atoms. The van der Waals surface area contributed by atoms with E-state index in [1.54, 1.807) is 4.90 Å².